The Bertz CT molecular complexity index is 1280. The van der Waals surface area contributed by atoms with Crippen LogP contribution in [0, 0.1) is 11.3 Å². The van der Waals surface area contributed by atoms with Crippen molar-refractivity contribution >= 4 is 10.0 Å². The minimum atomic E-state index is -4.82. The van der Waals surface area contributed by atoms with Crippen LogP contribution in [-0.2, 0) is 22.6 Å². The van der Waals surface area contributed by atoms with Crippen LogP contribution in [0.2, 0.25) is 0 Å². The summed E-state index contributed by atoms with van der Waals surface area (Å²) in [5.41, 5.74) is 2.18. The number of rotatable bonds is 9. The molecule has 178 valence electrons. The normalized spacial score (nSPS) is 12.8. The monoisotopic (exact) mass is 487 g/mol. The van der Waals surface area contributed by atoms with E-state index in [2.05, 4.69) is 9.71 Å². The van der Waals surface area contributed by atoms with Crippen LogP contribution in [0.15, 0.2) is 71.9 Å². The van der Waals surface area contributed by atoms with Gasteiger partial charge in [0, 0.05) is 24.9 Å². The van der Waals surface area contributed by atoms with Gasteiger partial charge in [-0.15, -0.1) is 0 Å². The number of benzene rings is 2. The summed E-state index contributed by atoms with van der Waals surface area (Å²) in [7, 11) is -4.51. The van der Waals surface area contributed by atoms with Crippen molar-refractivity contribution in [2.75, 3.05) is 0 Å². The first kappa shape index (κ1) is 25.4. The van der Waals surface area contributed by atoms with Crippen LogP contribution in [0.5, 0.6) is 0 Å². The van der Waals surface area contributed by atoms with Gasteiger partial charge in [0.2, 0.25) is 10.0 Å². The van der Waals surface area contributed by atoms with E-state index in [0.29, 0.717) is 12.0 Å². The van der Waals surface area contributed by atoms with E-state index in [1.165, 1.54) is 6.07 Å². The maximum atomic E-state index is 13.5. The lowest BCUT2D eigenvalue weighted by atomic mass is 9.95. The van der Waals surface area contributed by atoms with E-state index in [4.69, 9.17) is 5.26 Å². The molecule has 9 heteroatoms. The predicted octanol–water partition coefficient (Wildman–Crippen LogP) is 6.04. The van der Waals surface area contributed by atoms with Crippen molar-refractivity contribution < 1.29 is 21.6 Å². The fourth-order valence-corrected chi connectivity index (χ4v) is 5.26. The average Bonchev–Trinajstić information content (AvgIpc) is 2.83. The first-order chi connectivity index (χ1) is 16.2. The van der Waals surface area contributed by atoms with Gasteiger partial charge in [0.1, 0.15) is 0 Å². The van der Waals surface area contributed by atoms with Gasteiger partial charge in [-0.2, -0.15) is 18.4 Å². The Kier molecular flexibility index (Phi) is 8.07. The Morgan fingerprint density at radius 2 is 1.88 bits per heavy atom. The fraction of sp³-hybridized carbons (Fsp3) is 0.280. The summed E-state index contributed by atoms with van der Waals surface area (Å²) in [5, 5.41) is 8.92. The molecule has 3 aromatic rings. The molecule has 0 bridgehead atoms. The number of aromatic nitrogens is 1. The molecule has 0 unspecified atom stereocenters. The third kappa shape index (κ3) is 6.01. The highest BCUT2D eigenvalue weighted by molar-refractivity contribution is 7.89. The molecule has 1 atom stereocenters. The Morgan fingerprint density at radius 3 is 2.59 bits per heavy atom. The van der Waals surface area contributed by atoms with Gasteiger partial charge in [0.05, 0.1) is 16.5 Å². The van der Waals surface area contributed by atoms with E-state index in [1.54, 1.807) is 24.5 Å². The SMILES string of the molecule is CCc1cnccc1-c1cccc([C@H](CCCC#N)NS(=O)(=O)c2ccccc2C(F)(F)F)c1. The molecule has 0 radical (unpaired) electrons. The topological polar surface area (TPSA) is 82.8 Å². The molecule has 1 N–H and O–H groups in total. The van der Waals surface area contributed by atoms with Gasteiger partial charge < -0.3 is 0 Å². The number of nitriles is 1. The number of nitrogens with one attached hydrogen (secondary N) is 1. The van der Waals surface area contributed by atoms with Crippen LogP contribution in [-0.4, -0.2) is 13.4 Å². The maximum absolute atomic E-state index is 13.5. The van der Waals surface area contributed by atoms with Crippen molar-refractivity contribution in [2.45, 2.75) is 49.7 Å². The maximum Gasteiger partial charge on any atom is 0.417 e. The van der Waals surface area contributed by atoms with E-state index in [-0.39, 0.29) is 12.8 Å². The van der Waals surface area contributed by atoms with Crippen LogP contribution >= 0.6 is 0 Å². The highest BCUT2D eigenvalue weighted by atomic mass is 32.2. The lowest BCUT2D eigenvalue weighted by Gasteiger charge is -2.21. The number of sulfonamides is 1. The zero-order valence-corrected chi connectivity index (χ0v) is 19.3. The van der Waals surface area contributed by atoms with E-state index in [0.717, 1.165) is 41.3 Å². The minimum Gasteiger partial charge on any atom is -0.264 e. The van der Waals surface area contributed by atoms with E-state index in [9.17, 15) is 21.6 Å². The second kappa shape index (κ2) is 10.8. The van der Waals surface area contributed by atoms with Gasteiger partial charge in [-0.05, 0) is 65.8 Å². The molecule has 5 nitrogen and oxygen atoms in total. The highest BCUT2D eigenvalue weighted by Gasteiger charge is 2.37. The average molecular weight is 488 g/mol. The van der Waals surface area contributed by atoms with Crippen LogP contribution < -0.4 is 4.72 Å². The Labute approximate surface area is 197 Å². The third-order valence-electron chi connectivity index (χ3n) is 5.45. The predicted molar refractivity (Wildman–Crippen MR) is 123 cm³/mol. The number of pyridine rings is 1. The van der Waals surface area contributed by atoms with Crippen molar-refractivity contribution in [1.82, 2.24) is 9.71 Å². The first-order valence-electron chi connectivity index (χ1n) is 10.8. The number of hydrogen-bond acceptors (Lipinski definition) is 4. The van der Waals surface area contributed by atoms with Gasteiger partial charge in [0.15, 0.2) is 0 Å². The Balaban J connectivity index is 2.02. The Hall–Kier alpha value is -3.22. The Morgan fingerprint density at radius 1 is 1.12 bits per heavy atom. The largest absolute Gasteiger partial charge is 0.417 e. The molecule has 2 aromatic carbocycles. The second-order valence-corrected chi connectivity index (χ2v) is 9.41. The summed E-state index contributed by atoms with van der Waals surface area (Å²) in [6, 6.07) is 14.4. The number of aryl methyl sites for hydroxylation is 1. The van der Waals surface area contributed by atoms with Crippen molar-refractivity contribution in [2.24, 2.45) is 0 Å². The van der Waals surface area contributed by atoms with Crippen LogP contribution in [0.3, 0.4) is 0 Å². The van der Waals surface area contributed by atoms with Crippen molar-refractivity contribution in [3.8, 4) is 17.2 Å². The van der Waals surface area contributed by atoms with Gasteiger partial charge in [-0.25, -0.2) is 13.1 Å². The molecular weight excluding hydrogens is 463 g/mol. The summed E-state index contributed by atoms with van der Waals surface area (Å²) in [5.74, 6) is 0. The molecule has 0 fully saturated rings. The summed E-state index contributed by atoms with van der Waals surface area (Å²) in [6.07, 6.45) is 0.192. The molecule has 0 saturated heterocycles. The molecule has 1 aromatic heterocycles. The first-order valence-corrected chi connectivity index (χ1v) is 12.2. The smallest absolute Gasteiger partial charge is 0.264 e. The van der Waals surface area contributed by atoms with Gasteiger partial charge in [-0.1, -0.05) is 37.3 Å². The summed E-state index contributed by atoms with van der Waals surface area (Å²) in [4.78, 5) is 3.32. The summed E-state index contributed by atoms with van der Waals surface area (Å²) < 4.78 is 69.0. The zero-order valence-electron chi connectivity index (χ0n) is 18.5. The quantitative estimate of drug-likeness (QED) is 0.373. The highest BCUT2D eigenvalue weighted by Crippen LogP contribution is 2.35. The zero-order chi connectivity index (χ0) is 24.8. The van der Waals surface area contributed by atoms with Crippen LogP contribution in [0.25, 0.3) is 11.1 Å². The van der Waals surface area contributed by atoms with Crippen molar-refractivity contribution in [3.63, 3.8) is 0 Å². The number of alkyl halides is 3. The number of hydrogen-bond donors (Lipinski definition) is 1. The van der Waals surface area contributed by atoms with Crippen LogP contribution in [0.1, 0.15) is 48.9 Å². The van der Waals surface area contributed by atoms with E-state index < -0.39 is 32.7 Å². The van der Waals surface area contributed by atoms with Crippen molar-refractivity contribution in [1.29, 1.82) is 5.26 Å². The standard InChI is InChI=1S/C25H24F3N3O2S/c1-2-18-17-30-15-13-21(18)19-8-7-9-20(16-19)23(11-5-6-14-29)31-34(32,33)24-12-4-3-10-22(24)25(26,27)28/h3-4,7-10,12-13,15-17,23,31H,2,5-6,11H2,1H3/t23-/m0/s1. The molecule has 0 aliphatic carbocycles. The summed E-state index contributed by atoms with van der Waals surface area (Å²) in [6.45, 7) is 2.00. The number of unbranched alkanes of at least 4 members (excludes halogenated alkanes) is 1. The van der Waals surface area contributed by atoms with Gasteiger partial charge in [0.25, 0.3) is 0 Å². The molecule has 3 rings (SSSR count). The number of nitrogens with zero attached hydrogens (tertiary/aromatic N) is 2. The van der Waals surface area contributed by atoms with E-state index in [1.807, 2.05) is 31.2 Å². The lowest BCUT2D eigenvalue weighted by Crippen LogP contribution is -2.30. The molecule has 0 saturated carbocycles. The lowest BCUT2D eigenvalue weighted by molar-refractivity contribution is -0.139. The molecule has 0 aliphatic heterocycles. The second-order valence-electron chi connectivity index (χ2n) is 7.73. The van der Waals surface area contributed by atoms with Crippen molar-refractivity contribution in [3.05, 3.63) is 83.7 Å². The third-order valence-corrected chi connectivity index (χ3v) is 6.98. The molecule has 0 aliphatic rings. The molecule has 0 amide bonds. The van der Waals surface area contributed by atoms with Crippen LogP contribution in [0.4, 0.5) is 13.2 Å². The number of halogens is 3. The summed E-state index contributed by atoms with van der Waals surface area (Å²) >= 11 is 0. The molecule has 1 heterocycles. The molecule has 34 heavy (non-hydrogen) atoms. The minimum absolute atomic E-state index is 0.196. The molecular formula is C25H24F3N3O2S. The fourth-order valence-electron chi connectivity index (χ4n) is 3.78. The van der Waals surface area contributed by atoms with E-state index >= 15 is 0 Å². The van der Waals surface area contributed by atoms with Gasteiger partial charge >= 0.3 is 6.18 Å². The molecule has 0 spiro atoms. The van der Waals surface area contributed by atoms with Gasteiger partial charge in [-0.3, -0.25) is 4.98 Å².